The molecule has 1 saturated heterocycles. The van der Waals surface area contributed by atoms with Crippen molar-refractivity contribution in [1.29, 1.82) is 0 Å². The van der Waals surface area contributed by atoms with E-state index in [4.69, 9.17) is 5.73 Å². The number of piperazine rings is 1. The standard InChI is InChI=1S/C14H31N3/c1-3-4-5-6-7-8-16-9-11-17(12-10-16)14(2)13-15/h14H,3-13,15H2,1-2H3. The lowest BCUT2D eigenvalue weighted by Gasteiger charge is -2.37. The monoisotopic (exact) mass is 241 g/mol. The Kier molecular flexibility index (Phi) is 7.82. The lowest BCUT2D eigenvalue weighted by atomic mass is 10.1. The van der Waals surface area contributed by atoms with Crippen LogP contribution in [0.4, 0.5) is 0 Å². The lowest BCUT2D eigenvalue weighted by molar-refractivity contribution is 0.104. The van der Waals surface area contributed by atoms with Crippen molar-refractivity contribution in [1.82, 2.24) is 9.80 Å². The van der Waals surface area contributed by atoms with E-state index in [-0.39, 0.29) is 0 Å². The topological polar surface area (TPSA) is 32.5 Å². The first-order valence-corrected chi connectivity index (χ1v) is 7.44. The summed E-state index contributed by atoms with van der Waals surface area (Å²) in [5.41, 5.74) is 5.71. The molecule has 0 saturated carbocycles. The first-order valence-electron chi connectivity index (χ1n) is 7.44. The molecule has 0 radical (unpaired) electrons. The zero-order valence-electron chi connectivity index (χ0n) is 11.8. The van der Waals surface area contributed by atoms with Crippen LogP contribution in [0.2, 0.25) is 0 Å². The van der Waals surface area contributed by atoms with E-state index in [1.54, 1.807) is 0 Å². The van der Waals surface area contributed by atoms with E-state index in [2.05, 4.69) is 23.6 Å². The van der Waals surface area contributed by atoms with Gasteiger partial charge in [-0.2, -0.15) is 0 Å². The van der Waals surface area contributed by atoms with E-state index >= 15 is 0 Å². The molecular formula is C14H31N3. The van der Waals surface area contributed by atoms with Gasteiger partial charge in [0.2, 0.25) is 0 Å². The average Bonchev–Trinajstić information content (AvgIpc) is 2.38. The van der Waals surface area contributed by atoms with E-state index in [1.807, 2.05) is 0 Å². The number of hydrogen-bond acceptors (Lipinski definition) is 3. The minimum atomic E-state index is 0.557. The van der Waals surface area contributed by atoms with Crippen molar-refractivity contribution in [2.75, 3.05) is 39.3 Å². The van der Waals surface area contributed by atoms with Crippen molar-refractivity contribution in [2.45, 2.75) is 52.0 Å². The van der Waals surface area contributed by atoms with Crippen LogP contribution in [0.5, 0.6) is 0 Å². The minimum absolute atomic E-state index is 0.557. The predicted molar refractivity (Wildman–Crippen MR) is 75.3 cm³/mol. The molecule has 0 spiro atoms. The summed E-state index contributed by atoms with van der Waals surface area (Å²) in [5, 5.41) is 0. The van der Waals surface area contributed by atoms with Gasteiger partial charge in [-0.25, -0.2) is 0 Å². The summed E-state index contributed by atoms with van der Waals surface area (Å²) in [6.45, 7) is 11.5. The third-order valence-electron chi connectivity index (χ3n) is 3.95. The van der Waals surface area contributed by atoms with Crippen LogP contribution < -0.4 is 5.73 Å². The Bertz CT molecular complexity index is 176. The molecule has 102 valence electrons. The highest BCUT2D eigenvalue weighted by Gasteiger charge is 2.19. The summed E-state index contributed by atoms with van der Waals surface area (Å²) in [7, 11) is 0. The molecule has 0 aromatic rings. The Labute approximate surface area is 107 Å². The molecule has 0 amide bonds. The molecule has 0 aliphatic carbocycles. The molecule has 0 aromatic heterocycles. The lowest BCUT2D eigenvalue weighted by Crippen LogP contribution is -2.51. The number of hydrogen-bond donors (Lipinski definition) is 1. The summed E-state index contributed by atoms with van der Waals surface area (Å²) in [4.78, 5) is 5.14. The molecule has 3 nitrogen and oxygen atoms in total. The summed E-state index contributed by atoms with van der Waals surface area (Å²) in [6, 6.07) is 0.557. The number of nitrogens with zero attached hydrogens (tertiary/aromatic N) is 2. The van der Waals surface area contributed by atoms with Crippen LogP contribution in [0.25, 0.3) is 0 Å². The van der Waals surface area contributed by atoms with Gasteiger partial charge in [0.1, 0.15) is 0 Å². The highest BCUT2D eigenvalue weighted by molar-refractivity contribution is 4.76. The van der Waals surface area contributed by atoms with Crippen LogP contribution in [-0.2, 0) is 0 Å². The van der Waals surface area contributed by atoms with Crippen molar-refractivity contribution in [3.05, 3.63) is 0 Å². The van der Waals surface area contributed by atoms with E-state index in [1.165, 1.54) is 64.8 Å². The van der Waals surface area contributed by atoms with Gasteiger partial charge < -0.3 is 10.6 Å². The third kappa shape index (κ3) is 5.84. The second kappa shape index (κ2) is 8.90. The van der Waals surface area contributed by atoms with Gasteiger partial charge in [0.25, 0.3) is 0 Å². The molecule has 3 heteroatoms. The van der Waals surface area contributed by atoms with Crippen LogP contribution in [-0.4, -0.2) is 55.1 Å². The zero-order chi connectivity index (χ0) is 12.5. The maximum atomic E-state index is 5.71. The summed E-state index contributed by atoms with van der Waals surface area (Å²) in [6.07, 6.45) is 6.96. The van der Waals surface area contributed by atoms with E-state index < -0.39 is 0 Å². The van der Waals surface area contributed by atoms with Crippen LogP contribution in [0.3, 0.4) is 0 Å². The highest BCUT2D eigenvalue weighted by atomic mass is 15.3. The molecule has 1 fully saturated rings. The molecule has 1 atom stereocenters. The molecule has 1 unspecified atom stereocenters. The Morgan fingerprint density at radius 2 is 1.65 bits per heavy atom. The second-order valence-electron chi connectivity index (χ2n) is 5.38. The fraction of sp³-hybridized carbons (Fsp3) is 1.00. The van der Waals surface area contributed by atoms with E-state index in [0.717, 1.165) is 6.54 Å². The maximum Gasteiger partial charge on any atom is 0.0191 e. The van der Waals surface area contributed by atoms with Gasteiger partial charge in [-0.05, 0) is 19.9 Å². The van der Waals surface area contributed by atoms with E-state index in [0.29, 0.717) is 6.04 Å². The molecule has 1 aliphatic heterocycles. The maximum absolute atomic E-state index is 5.71. The zero-order valence-corrected chi connectivity index (χ0v) is 11.8. The van der Waals surface area contributed by atoms with Crippen molar-refractivity contribution in [2.24, 2.45) is 5.73 Å². The highest BCUT2D eigenvalue weighted by Crippen LogP contribution is 2.08. The van der Waals surface area contributed by atoms with Crippen molar-refractivity contribution in [3.8, 4) is 0 Å². The SMILES string of the molecule is CCCCCCCN1CCN(C(C)CN)CC1. The summed E-state index contributed by atoms with van der Waals surface area (Å²) < 4.78 is 0. The number of rotatable bonds is 8. The molecule has 1 rings (SSSR count). The Morgan fingerprint density at radius 3 is 2.24 bits per heavy atom. The minimum Gasteiger partial charge on any atom is -0.329 e. The number of unbranched alkanes of at least 4 members (excludes halogenated alkanes) is 4. The van der Waals surface area contributed by atoms with Crippen molar-refractivity contribution in [3.63, 3.8) is 0 Å². The quantitative estimate of drug-likeness (QED) is 0.659. The summed E-state index contributed by atoms with van der Waals surface area (Å²) in [5.74, 6) is 0. The van der Waals surface area contributed by atoms with Crippen LogP contribution in [0, 0.1) is 0 Å². The van der Waals surface area contributed by atoms with Gasteiger partial charge >= 0.3 is 0 Å². The molecule has 17 heavy (non-hydrogen) atoms. The van der Waals surface area contributed by atoms with Crippen molar-refractivity contribution >= 4 is 0 Å². The molecular weight excluding hydrogens is 210 g/mol. The Morgan fingerprint density at radius 1 is 1.00 bits per heavy atom. The van der Waals surface area contributed by atoms with Gasteiger partial charge in [-0.15, -0.1) is 0 Å². The molecule has 0 bridgehead atoms. The fourth-order valence-electron chi connectivity index (χ4n) is 2.52. The molecule has 2 N–H and O–H groups in total. The Hall–Kier alpha value is -0.120. The third-order valence-corrected chi connectivity index (χ3v) is 3.95. The van der Waals surface area contributed by atoms with Gasteiger partial charge in [-0.1, -0.05) is 32.6 Å². The van der Waals surface area contributed by atoms with Crippen LogP contribution in [0.15, 0.2) is 0 Å². The normalized spacial score (nSPS) is 20.6. The second-order valence-corrected chi connectivity index (χ2v) is 5.38. The van der Waals surface area contributed by atoms with Gasteiger partial charge in [0, 0.05) is 38.8 Å². The molecule has 1 aliphatic rings. The van der Waals surface area contributed by atoms with Gasteiger partial charge in [0.15, 0.2) is 0 Å². The summed E-state index contributed by atoms with van der Waals surface area (Å²) >= 11 is 0. The van der Waals surface area contributed by atoms with E-state index in [9.17, 15) is 0 Å². The molecule has 1 heterocycles. The van der Waals surface area contributed by atoms with Crippen LogP contribution >= 0.6 is 0 Å². The van der Waals surface area contributed by atoms with Crippen molar-refractivity contribution < 1.29 is 0 Å². The number of nitrogens with two attached hydrogens (primary N) is 1. The first-order chi connectivity index (χ1) is 8.27. The predicted octanol–water partition coefficient (Wildman–Crippen LogP) is 1.92. The first kappa shape index (κ1) is 14.9. The smallest absolute Gasteiger partial charge is 0.0191 e. The van der Waals surface area contributed by atoms with Crippen LogP contribution in [0.1, 0.15) is 46.0 Å². The largest absolute Gasteiger partial charge is 0.329 e. The van der Waals surface area contributed by atoms with Gasteiger partial charge in [0.05, 0.1) is 0 Å². The molecule has 0 aromatic carbocycles. The fourth-order valence-corrected chi connectivity index (χ4v) is 2.52. The van der Waals surface area contributed by atoms with Gasteiger partial charge in [-0.3, -0.25) is 4.90 Å². The Balaban J connectivity index is 2.03. The average molecular weight is 241 g/mol.